The molecule has 0 radical (unpaired) electrons. The van der Waals surface area contributed by atoms with E-state index in [0.717, 1.165) is 0 Å². The van der Waals surface area contributed by atoms with Crippen molar-refractivity contribution in [3.63, 3.8) is 0 Å². The molecule has 2 aromatic rings. The van der Waals surface area contributed by atoms with Gasteiger partial charge in [-0.3, -0.25) is 4.79 Å². The molecule has 6 nitrogen and oxygen atoms in total. The standard InChI is InChI=1S/C13H8Cl3IN2O4/c14-9-11(23-5-1-2-7(20)6(17)3-5)10(15)13(19-12(9)16)18-4-8(21)22/h1-3,20H,4H2,(H,18,19)(H,21,22). The van der Waals surface area contributed by atoms with Crippen LogP contribution in [0.2, 0.25) is 15.2 Å². The normalized spacial score (nSPS) is 10.4. The number of carbonyl (C=O) groups is 1. The van der Waals surface area contributed by atoms with Gasteiger partial charge in [0.25, 0.3) is 0 Å². The SMILES string of the molecule is O=C(O)CNc1nc(Cl)c(Cl)c(Oc2ccc(O)c(I)c2)c1Cl. The molecule has 0 saturated heterocycles. The van der Waals surface area contributed by atoms with E-state index < -0.39 is 12.5 Å². The Bertz CT molecular complexity index is 773. The Morgan fingerprint density at radius 2 is 2.00 bits per heavy atom. The maximum atomic E-state index is 10.6. The van der Waals surface area contributed by atoms with E-state index in [1.807, 2.05) is 22.6 Å². The van der Waals surface area contributed by atoms with E-state index in [0.29, 0.717) is 9.32 Å². The molecule has 0 aliphatic carbocycles. The summed E-state index contributed by atoms with van der Waals surface area (Å²) < 4.78 is 6.18. The van der Waals surface area contributed by atoms with E-state index in [9.17, 15) is 9.90 Å². The second-order valence-electron chi connectivity index (χ2n) is 4.17. The first-order chi connectivity index (χ1) is 10.8. The number of phenolic OH excluding ortho intramolecular Hbond substituents is 1. The minimum Gasteiger partial charge on any atom is -0.507 e. The zero-order valence-electron chi connectivity index (χ0n) is 11.1. The summed E-state index contributed by atoms with van der Waals surface area (Å²) in [4.78, 5) is 14.5. The lowest BCUT2D eigenvalue weighted by molar-refractivity contribution is -0.134. The molecule has 0 saturated carbocycles. The number of carboxylic acids is 1. The van der Waals surface area contributed by atoms with Crippen LogP contribution < -0.4 is 10.1 Å². The van der Waals surface area contributed by atoms with Gasteiger partial charge in [0.15, 0.2) is 16.7 Å². The van der Waals surface area contributed by atoms with Gasteiger partial charge in [-0.2, -0.15) is 0 Å². The molecule has 1 aromatic carbocycles. The number of aromatic hydroxyl groups is 1. The van der Waals surface area contributed by atoms with Crippen LogP contribution in [0.5, 0.6) is 17.2 Å². The Kier molecular flexibility index (Phi) is 6.01. The van der Waals surface area contributed by atoms with Crippen LogP contribution in [-0.2, 0) is 4.79 Å². The Morgan fingerprint density at radius 1 is 1.30 bits per heavy atom. The summed E-state index contributed by atoms with van der Waals surface area (Å²) in [5.74, 6) is -0.562. The minimum absolute atomic E-state index is 0.0104. The summed E-state index contributed by atoms with van der Waals surface area (Å²) in [5.41, 5.74) is 0. The number of benzene rings is 1. The number of halogens is 4. The van der Waals surface area contributed by atoms with E-state index in [2.05, 4.69) is 10.3 Å². The van der Waals surface area contributed by atoms with Crippen LogP contribution in [0, 0.1) is 3.57 Å². The lowest BCUT2D eigenvalue weighted by Crippen LogP contribution is -2.13. The van der Waals surface area contributed by atoms with Gasteiger partial charge in [-0.1, -0.05) is 34.8 Å². The van der Waals surface area contributed by atoms with Gasteiger partial charge < -0.3 is 20.3 Å². The van der Waals surface area contributed by atoms with Gasteiger partial charge in [0, 0.05) is 0 Å². The fraction of sp³-hybridized carbons (Fsp3) is 0.0769. The molecule has 0 spiro atoms. The highest BCUT2D eigenvalue weighted by atomic mass is 127. The van der Waals surface area contributed by atoms with Crippen molar-refractivity contribution in [2.45, 2.75) is 0 Å². The first-order valence-corrected chi connectivity index (χ1v) is 8.17. The van der Waals surface area contributed by atoms with Crippen LogP contribution in [0.15, 0.2) is 18.2 Å². The third-order valence-electron chi connectivity index (χ3n) is 2.54. The molecule has 1 aromatic heterocycles. The van der Waals surface area contributed by atoms with Crippen molar-refractivity contribution < 1.29 is 19.7 Å². The van der Waals surface area contributed by atoms with Gasteiger partial charge in [0.1, 0.15) is 28.1 Å². The number of carboxylic acid groups (broad SMARTS) is 1. The number of ether oxygens (including phenoxy) is 1. The van der Waals surface area contributed by atoms with Crippen LogP contribution >= 0.6 is 57.4 Å². The molecule has 0 amide bonds. The highest BCUT2D eigenvalue weighted by molar-refractivity contribution is 14.1. The van der Waals surface area contributed by atoms with Gasteiger partial charge in [0.05, 0.1) is 3.57 Å². The summed E-state index contributed by atoms with van der Waals surface area (Å²) >= 11 is 20.1. The lowest BCUT2D eigenvalue weighted by Gasteiger charge is -2.14. The molecule has 3 N–H and O–H groups in total. The summed E-state index contributed by atoms with van der Waals surface area (Å²) in [6.45, 7) is -0.402. The molecule has 122 valence electrons. The molecule has 0 atom stereocenters. The van der Waals surface area contributed by atoms with Crippen molar-refractivity contribution in [1.82, 2.24) is 4.98 Å². The number of anilines is 1. The zero-order chi connectivity index (χ0) is 17.1. The summed E-state index contributed by atoms with van der Waals surface area (Å²) in [5, 5.41) is 20.6. The summed E-state index contributed by atoms with van der Waals surface area (Å²) in [7, 11) is 0. The maximum Gasteiger partial charge on any atom is 0.322 e. The Balaban J connectivity index is 2.39. The fourth-order valence-corrected chi connectivity index (χ4v) is 2.65. The van der Waals surface area contributed by atoms with Gasteiger partial charge in [-0.15, -0.1) is 0 Å². The highest BCUT2D eigenvalue weighted by Crippen LogP contribution is 2.43. The van der Waals surface area contributed by atoms with Crippen LogP contribution in [0.4, 0.5) is 5.82 Å². The van der Waals surface area contributed by atoms with E-state index in [1.54, 1.807) is 6.07 Å². The number of nitrogens with zero attached hydrogens (tertiary/aromatic N) is 1. The second-order valence-corrected chi connectivity index (χ2v) is 6.45. The van der Waals surface area contributed by atoms with Gasteiger partial charge in [-0.25, -0.2) is 4.98 Å². The Morgan fingerprint density at radius 3 is 2.61 bits per heavy atom. The molecule has 0 fully saturated rings. The van der Waals surface area contributed by atoms with E-state index >= 15 is 0 Å². The molecule has 1 heterocycles. The average molecular weight is 489 g/mol. The first kappa shape index (κ1) is 18.2. The third-order valence-corrected chi connectivity index (χ3v) is 4.48. The molecule has 0 unspecified atom stereocenters. The number of phenols is 1. The van der Waals surface area contributed by atoms with Crippen molar-refractivity contribution in [1.29, 1.82) is 0 Å². The number of hydrogen-bond donors (Lipinski definition) is 3. The number of rotatable bonds is 5. The fourth-order valence-electron chi connectivity index (χ4n) is 1.53. The first-order valence-electron chi connectivity index (χ1n) is 5.96. The van der Waals surface area contributed by atoms with Crippen molar-refractivity contribution in [2.24, 2.45) is 0 Å². The van der Waals surface area contributed by atoms with Crippen molar-refractivity contribution >= 4 is 69.2 Å². The summed E-state index contributed by atoms with van der Waals surface area (Å²) in [6, 6.07) is 4.54. The maximum absolute atomic E-state index is 10.6. The van der Waals surface area contributed by atoms with Crippen LogP contribution in [-0.4, -0.2) is 27.7 Å². The van der Waals surface area contributed by atoms with Gasteiger partial charge in [0.2, 0.25) is 0 Å². The van der Waals surface area contributed by atoms with E-state index in [1.165, 1.54) is 12.1 Å². The van der Waals surface area contributed by atoms with Crippen LogP contribution in [0.3, 0.4) is 0 Å². The van der Waals surface area contributed by atoms with Crippen molar-refractivity contribution in [3.05, 3.63) is 37.0 Å². The van der Waals surface area contributed by atoms with Crippen LogP contribution in [0.25, 0.3) is 0 Å². The highest BCUT2D eigenvalue weighted by Gasteiger charge is 2.19. The molecule has 0 aliphatic rings. The smallest absolute Gasteiger partial charge is 0.322 e. The zero-order valence-corrected chi connectivity index (χ0v) is 15.5. The number of hydrogen-bond acceptors (Lipinski definition) is 5. The van der Waals surface area contributed by atoms with Crippen molar-refractivity contribution in [3.8, 4) is 17.2 Å². The molecule has 23 heavy (non-hydrogen) atoms. The van der Waals surface area contributed by atoms with E-state index in [-0.39, 0.29) is 32.5 Å². The topological polar surface area (TPSA) is 91.7 Å². The third kappa shape index (κ3) is 4.43. The second kappa shape index (κ2) is 7.61. The van der Waals surface area contributed by atoms with Gasteiger partial charge >= 0.3 is 5.97 Å². The quantitative estimate of drug-likeness (QED) is 0.419. The molecular weight excluding hydrogens is 481 g/mol. The largest absolute Gasteiger partial charge is 0.507 e. The monoisotopic (exact) mass is 488 g/mol. The number of aliphatic carboxylic acids is 1. The van der Waals surface area contributed by atoms with Gasteiger partial charge in [-0.05, 0) is 40.8 Å². The molecule has 10 heteroatoms. The number of nitrogens with one attached hydrogen (secondary N) is 1. The van der Waals surface area contributed by atoms with E-state index in [4.69, 9.17) is 44.6 Å². The summed E-state index contributed by atoms with van der Waals surface area (Å²) in [6.07, 6.45) is 0. The molecule has 0 bridgehead atoms. The predicted molar refractivity (Wildman–Crippen MR) is 96.3 cm³/mol. The Hall–Kier alpha value is -1.16. The lowest BCUT2D eigenvalue weighted by atomic mass is 10.3. The van der Waals surface area contributed by atoms with Crippen LogP contribution in [0.1, 0.15) is 0 Å². The average Bonchev–Trinajstić information content (AvgIpc) is 2.49. The molecule has 0 aliphatic heterocycles. The number of aromatic nitrogens is 1. The Labute approximate surface area is 159 Å². The molecular formula is C13H8Cl3IN2O4. The minimum atomic E-state index is -1.09. The predicted octanol–water partition coefficient (Wildman–Crippen LogP) is 4.64. The van der Waals surface area contributed by atoms with Crippen molar-refractivity contribution in [2.75, 3.05) is 11.9 Å². The number of pyridine rings is 1. The molecule has 2 rings (SSSR count).